The van der Waals surface area contributed by atoms with Crippen molar-refractivity contribution in [2.45, 2.75) is 84.2 Å². The lowest BCUT2D eigenvalue weighted by Crippen LogP contribution is -2.49. The number of likely N-dealkylation sites (tertiary alicyclic amines) is 1. The van der Waals surface area contributed by atoms with E-state index < -0.39 is 0 Å². The molecule has 0 spiro atoms. The van der Waals surface area contributed by atoms with Gasteiger partial charge in [0.2, 0.25) is 5.91 Å². The second-order valence-electron chi connectivity index (χ2n) is 7.62. The van der Waals surface area contributed by atoms with Crippen LogP contribution in [0.1, 0.15) is 68.3 Å². The zero-order valence-corrected chi connectivity index (χ0v) is 15.6. The first-order chi connectivity index (χ1) is 12.1. The minimum absolute atomic E-state index is 0.320. The maximum absolute atomic E-state index is 12.9. The summed E-state index contributed by atoms with van der Waals surface area (Å²) in [6.07, 6.45) is 9.38. The van der Waals surface area contributed by atoms with Gasteiger partial charge in [-0.3, -0.25) is 9.48 Å². The molecule has 0 unspecified atom stereocenters. The highest BCUT2D eigenvalue weighted by atomic mass is 16.2. The number of piperidine rings is 1. The van der Waals surface area contributed by atoms with Gasteiger partial charge in [-0.05, 0) is 57.4 Å². The van der Waals surface area contributed by atoms with E-state index in [0.717, 1.165) is 36.7 Å². The van der Waals surface area contributed by atoms with Gasteiger partial charge in [-0.2, -0.15) is 10.4 Å². The van der Waals surface area contributed by atoms with Crippen molar-refractivity contribution < 1.29 is 4.79 Å². The average molecular weight is 342 g/mol. The van der Waals surface area contributed by atoms with Gasteiger partial charge in [0.1, 0.15) is 0 Å². The molecule has 2 atom stereocenters. The fourth-order valence-corrected chi connectivity index (χ4v) is 4.78. The van der Waals surface area contributed by atoms with Gasteiger partial charge in [-0.25, -0.2) is 0 Å². The van der Waals surface area contributed by atoms with E-state index in [1.807, 2.05) is 11.6 Å². The molecule has 0 N–H and O–H groups in total. The largest absolute Gasteiger partial charge is 0.339 e. The van der Waals surface area contributed by atoms with Crippen LogP contribution in [0.5, 0.6) is 0 Å². The quantitative estimate of drug-likeness (QED) is 0.822. The monoisotopic (exact) mass is 342 g/mol. The van der Waals surface area contributed by atoms with Crippen LogP contribution in [-0.2, 0) is 17.8 Å². The third-order valence-electron chi connectivity index (χ3n) is 6.12. The number of amides is 1. The summed E-state index contributed by atoms with van der Waals surface area (Å²) in [5.41, 5.74) is 3.29. The second kappa shape index (κ2) is 8.03. The molecule has 1 saturated carbocycles. The number of aromatic nitrogens is 2. The zero-order valence-electron chi connectivity index (χ0n) is 15.6. The van der Waals surface area contributed by atoms with Crippen molar-refractivity contribution in [2.75, 3.05) is 6.54 Å². The second-order valence-corrected chi connectivity index (χ2v) is 7.62. The van der Waals surface area contributed by atoms with Crippen molar-refractivity contribution in [2.24, 2.45) is 5.92 Å². The van der Waals surface area contributed by atoms with Crippen molar-refractivity contribution in [3.8, 4) is 6.07 Å². The summed E-state index contributed by atoms with van der Waals surface area (Å²) in [4.78, 5) is 15.1. The normalized spacial score (nSPS) is 23.2. The fraction of sp³-hybridized carbons (Fsp3) is 0.750. The van der Waals surface area contributed by atoms with Crippen LogP contribution in [0.25, 0.3) is 0 Å². The van der Waals surface area contributed by atoms with Crippen LogP contribution in [0, 0.1) is 31.1 Å². The Morgan fingerprint density at radius 2 is 2.00 bits per heavy atom. The van der Waals surface area contributed by atoms with Crippen LogP contribution in [0.3, 0.4) is 0 Å². The van der Waals surface area contributed by atoms with Crippen LogP contribution < -0.4 is 0 Å². The van der Waals surface area contributed by atoms with Crippen molar-refractivity contribution in [3.05, 3.63) is 17.0 Å². The molecule has 1 aromatic rings. The van der Waals surface area contributed by atoms with Crippen molar-refractivity contribution >= 4 is 5.91 Å². The molecule has 0 bridgehead atoms. The Kier molecular flexibility index (Phi) is 5.78. The van der Waals surface area contributed by atoms with E-state index in [2.05, 4.69) is 23.0 Å². The summed E-state index contributed by atoms with van der Waals surface area (Å²) >= 11 is 0. The number of nitrogens with zero attached hydrogens (tertiary/aromatic N) is 4. The molecule has 1 aliphatic heterocycles. The minimum Gasteiger partial charge on any atom is -0.339 e. The Labute approximate surface area is 151 Å². The number of fused-ring (bicyclic) bond motifs is 1. The van der Waals surface area contributed by atoms with Gasteiger partial charge < -0.3 is 4.90 Å². The molecule has 1 aromatic heterocycles. The molecule has 1 aliphatic carbocycles. The molecule has 25 heavy (non-hydrogen) atoms. The van der Waals surface area contributed by atoms with Crippen LogP contribution in [0.2, 0.25) is 0 Å². The molecule has 2 fully saturated rings. The maximum atomic E-state index is 12.9. The van der Waals surface area contributed by atoms with E-state index >= 15 is 0 Å². The molecular formula is C20H30N4O. The number of rotatable bonds is 5. The first-order valence-corrected chi connectivity index (χ1v) is 9.81. The average Bonchev–Trinajstić information content (AvgIpc) is 2.90. The highest BCUT2D eigenvalue weighted by Gasteiger charge is 2.35. The Balaban J connectivity index is 1.62. The van der Waals surface area contributed by atoms with Gasteiger partial charge in [0.25, 0.3) is 0 Å². The molecule has 136 valence electrons. The van der Waals surface area contributed by atoms with Gasteiger partial charge in [-0.1, -0.05) is 12.8 Å². The number of carbonyl (C=O) groups is 1. The minimum atomic E-state index is 0.320. The van der Waals surface area contributed by atoms with E-state index in [0.29, 0.717) is 31.3 Å². The number of hydrogen-bond donors (Lipinski definition) is 0. The van der Waals surface area contributed by atoms with E-state index in [1.54, 1.807) is 0 Å². The lowest BCUT2D eigenvalue weighted by molar-refractivity contribution is -0.137. The van der Waals surface area contributed by atoms with Gasteiger partial charge in [0.05, 0.1) is 24.7 Å². The summed E-state index contributed by atoms with van der Waals surface area (Å²) in [6.45, 7) is 5.63. The molecule has 5 heteroatoms. The van der Waals surface area contributed by atoms with Gasteiger partial charge in [0.15, 0.2) is 0 Å². The molecule has 1 amide bonds. The lowest BCUT2D eigenvalue weighted by Gasteiger charge is -2.44. The smallest absolute Gasteiger partial charge is 0.223 e. The number of carbonyl (C=O) groups excluding carboxylic acids is 1. The Bertz CT molecular complexity index is 655. The van der Waals surface area contributed by atoms with E-state index in [9.17, 15) is 4.79 Å². The van der Waals surface area contributed by atoms with Gasteiger partial charge in [0, 0.05) is 24.7 Å². The van der Waals surface area contributed by atoms with Crippen molar-refractivity contribution in [1.29, 1.82) is 5.26 Å². The molecule has 1 saturated heterocycles. The lowest BCUT2D eigenvalue weighted by atomic mass is 9.78. The molecule has 0 radical (unpaired) electrons. The van der Waals surface area contributed by atoms with Gasteiger partial charge >= 0.3 is 0 Å². The van der Waals surface area contributed by atoms with E-state index in [-0.39, 0.29) is 0 Å². The Morgan fingerprint density at radius 3 is 2.80 bits per heavy atom. The SMILES string of the molecule is Cc1nn(CCC#N)c(C)c1CCC(=O)N1CCC[C@@H]2CCCC[C@@H]21. The first kappa shape index (κ1) is 18.0. The summed E-state index contributed by atoms with van der Waals surface area (Å²) in [5, 5.41) is 13.3. The predicted molar refractivity (Wildman–Crippen MR) is 96.9 cm³/mol. The number of nitriles is 1. The summed E-state index contributed by atoms with van der Waals surface area (Å²) in [6, 6.07) is 2.67. The molecule has 3 rings (SSSR count). The molecular weight excluding hydrogens is 312 g/mol. The molecule has 5 nitrogen and oxygen atoms in total. The van der Waals surface area contributed by atoms with Gasteiger partial charge in [-0.15, -0.1) is 0 Å². The zero-order chi connectivity index (χ0) is 17.8. The molecule has 0 aromatic carbocycles. The van der Waals surface area contributed by atoms with E-state index in [4.69, 9.17) is 5.26 Å². The van der Waals surface area contributed by atoms with Crippen LogP contribution in [0.4, 0.5) is 0 Å². The van der Waals surface area contributed by atoms with Crippen LogP contribution >= 0.6 is 0 Å². The highest BCUT2D eigenvalue weighted by Crippen LogP contribution is 2.35. The van der Waals surface area contributed by atoms with Crippen LogP contribution in [0.15, 0.2) is 0 Å². The topological polar surface area (TPSA) is 61.9 Å². The number of hydrogen-bond acceptors (Lipinski definition) is 3. The molecule has 2 aliphatic rings. The standard InChI is InChI=1S/C20H30N4O/c1-15-18(16(2)24(22-15)14-6-12-21)10-11-20(25)23-13-5-8-17-7-3-4-9-19(17)23/h17,19H,3-11,13-14H2,1-2H3/t17-,19-/m0/s1. The van der Waals surface area contributed by atoms with Crippen LogP contribution in [-0.4, -0.2) is 33.2 Å². The number of aryl methyl sites for hydroxylation is 2. The maximum Gasteiger partial charge on any atom is 0.223 e. The summed E-state index contributed by atoms with van der Waals surface area (Å²) in [7, 11) is 0. The van der Waals surface area contributed by atoms with Crippen molar-refractivity contribution in [1.82, 2.24) is 14.7 Å². The third-order valence-corrected chi connectivity index (χ3v) is 6.12. The Morgan fingerprint density at radius 1 is 1.24 bits per heavy atom. The highest BCUT2D eigenvalue weighted by molar-refractivity contribution is 5.77. The third kappa shape index (κ3) is 3.89. The first-order valence-electron chi connectivity index (χ1n) is 9.81. The molecule has 2 heterocycles. The Hall–Kier alpha value is -1.83. The predicted octanol–water partition coefficient (Wildman–Crippen LogP) is 3.53. The summed E-state index contributed by atoms with van der Waals surface area (Å²) in [5.74, 6) is 1.06. The van der Waals surface area contributed by atoms with E-state index in [1.165, 1.54) is 37.7 Å². The van der Waals surface area contributed by atoms with Crippen molar-refractivity contribution in [3.63, 3.8) is 0 Å². The fourth-order valence-electron chi connectivity index (χ4n) is 4.78. The summed E-state index contributed by atoms with van der Waals surface area (Å²) < 4.78 is 1.91.